The van der Waals surface area contributed by atoms with Gasteiger partial charge in [-0.15, -0.1) is 0 Å². The van der Waals surface area contributed by atoms with E-state index in [4.69, 9.17) is 5.11 Å². The normalized spacial score (nSPS) is 16.9. The highest BCUT2D eigenvalue weighted by Gasteiger charge is 2.28. The second kappa shape index (κ2) is 6.47. The van der Waals surface area contributed by atoms with E-state index in [-0.39, 0.29) is 11.9 Å². The molecule has 2 amide bonds. The third-order valence-electron chi connectivity index (χ3n) is 3.29. The summed E-state index contributed by atoms with van der Waals surface area (Å²) in [4.78, 5) is 26.3. The Morgan fingerprint density at radius 1 is 1.35 bits per heavy atom. The maximum Gasteiger partial charge on any atom is 0.319 e. The van der Waals surface area contributed by atoms with Crippen LogP contribution in [-0.2, 0) is 4.79 Å². The number of aliphatic carboxylic acids is 1. The minimum absolute atomic E-state index is 0.0299. The maximum absolute atomic E-state index is 12.0. The Labute approximate surface area is 102 Å². The van der Waals surface area contributed by atoms with Gasteiger partial charge in [0.1, 0.15) is 0 Å². The van der Waals surface area contributed by atoms with Crippen LogP contribution in [0.3, 0.4) is 0 Å². The molecular formula is C12H22N2O3. The van der Waals surface area contributed by atoms with Gasteiger partial charge in [0.05, 0.1) is 5.92 Å². The summed E-state index contributed by atoms with van der Waals surface area (Å²) in [5.74, 6) is -1.02. The summed E-state index contributed by atoms with van der Waals surface area (Å²) in [5, 5.41) is 8.87. The third kappa shape index (κ3) is 3.91. The van der Waals surface area contributed by atoms with Gasteiger partial charge < -0.3 is 14.9 Å². The molecule has 0 aromatic rings. The van der Waals surface area contributed by atoms with Gasteiger partial charge in [-0.2, -0.15) is 0 Å². The Morgan fingerprint density at radius 3 is 2.41 bits per heavy atom. The molecular weight excluding hydrogens is 220 g/mol. The Balaban J connectivity index is 2.37. The predicted octanol–water partition coefficient (Wildman–Crippen LogP) is 1.63. The number of piperidine rings is 1. The van der Waals surface area contributed by atoms with E-state index in [0.29, 0.717) is 25.9 Å². The van der Waals surface area contributed by atoms with E-state index in [1.165, 1.54) is 0 Å². The number of rotatable bonds is 4. The van der Waals surface area contributed by atoms with Crippen LogP contribution >= 0.6 is 0 Å². The molecule has 0 aromatic carbocycles. The molecule has 0 bridgehead atoms. The van der Waals surface area contributed by atoms with Crippen LogP contribution in [0, 0.1) is 5.92 Å². The zero-order chi connectivity index (χ0) is 12.8. The van der Waals surface area contributed by atoms with Crippen molar-refractivity contribution in [3.8, 4) is 0 Å². The number of urea groups is 1. The van der Waals surface area contributed by atoms with Gasteiger partial charge in [-0.1, -0.05) is 13.3 Å². The standard InChI is InChI=1S/C12H22N2O3/c1-3-4-7-13(2)12(17)14-8-5-10(6-9-14)11(15)16/h10H,3-9H2,1-2H3,(H,15,16). The zero-order valence-corrected chi connectivity index (χ0v) is 10.7. The van der Waals surface area contributed by atoms with E-state index in [0.717, 1.165) is 19.4 Å². The van der Waals surface area contributed by atoms with Gasteiger partial charge in [0.15, 0.2) is 0 Å². The summed E-state index contributed by atoms with van der Waals surface area (Å²) in [6.45, 7) is 3.99. The van der Waals surface area contributed by atoms with Gasteiger partial charge in [0.25, 0.3) is 0 Å². The first-order valence-corrected chi connectivity index (χ1v) is 6.29. The largest absolute Gasteiger partial charge is 0.481 e. The van der Waals surface area contributed by atoms with Gasteiger partial charge in [0.2, 0.25) is 0 Å². The molecule has 98 valence electrons. The van der Waals surface area contributed by atoms with E-state index in [1.807, 2.05) is 0 Å². The minimum atomic E-state index is -0.739. The summed E-state index contributed by atoms with van der Waals surface area (Å²) in [5.41, 5.74) is 0. The number of carboxylic acid groups (broad SMARTS) is 1. The summed E-state index contributed by atoms with van der Waals surface area (Å²) < 4.78 is 0. The van der Waals surface area contributed by atoms with Crippen LogP contribution in [0.15, 0.2) is 0 Å². The SMILES string of the molecule is CCCCN(C)C(=O)N1CCC(C(=O)O)CC1. The molecule has 5 nitrogen and oxygen atoms in total. The summed E-state index contributed by atoms with van der Waals surface area (Å²) >= 11 is 0. The van der Waals surface area contributed by atoms with E-state index < -0.39 is 5.97 Å². The average Bonchev–Trinajstić information content (AvgIpc) is 2.35. The van der Waals surface area contributed by atoms with E-state index in [1.54, 1.807) is 16.8 Å². The van der Waals surface area contributed by atoms with E-state index in [9.17, 15) is 9.59 Å². The molecule has 0 unspecified atom stereocenters. The topological polar surface area (TPSA) is 60.9 Å². The molecule has 17 heavy (non-hydrogen) atoms. The molecule has 0 radical (unpaired) electrons. The molecule has 1 aliphatic heterocycles. The van der Waals surface area contributed by atoms with Crippen LogP contribution in [0.25, 0.3) is 0 Å². The third-order valence-corrected chi connectivity index (χ3v) is 3.29. The number of carboxylic acids is 1. The van der Waals surface area contributed by atoms with Crippen molar-refractivity contribution in [2.75, 3.05) is 26.7 Å². The first-order valence-electron chi connectivity index (χ1n) is 6.29. The zero-order valence-electron chi connectivity index (χ0n) is 10.7. The van der Waals surface area contributed by atoms with E-state index in [2.05, 4.69) is 6.92 Å². The molecule has 1 heterocycles. The Kier molecular flexibility index (Phi) is 5.25. The molecule has 5 heteroatoms. The minimum Gasteiger partial charge on any atom is -0.481 e. The first-order chi connectivity index (χ1) is 8.06. The second-order valence-corrected chi connectivity index (χ2v) is 4.66. The van der Waals surface area contributed by atoms with Crippen molar-refractivity contribution in [1.29, 1.82) is 0 Å². The molecule has 1 fully saturated rings. The number of carbonyl (C=O) groups excluding carboxylic acids is 1. The highest BCUT2D eigenvalue weighted by atomic mass is 16.4. The first kappa shape index (κ1) is 13.8. The fourth-order valence-corrected chi connectivity index (χ4v) is 2.05. The summed E-state index contributed by atoms with van der Waals surface area (Å²) in [6.07, 6.45) is 3.22. The van der Waals surface area contributed by atoms with Gasteiger partial charge in [-0.25, -0.2) is 4.79 Å². The van der Waals surface area contributed by atoms with Gasteiger partial charge in [0, 0.05) is 26.7 Å². The lowest BCUT2D eigenvalue weighted by Crippen LogP contribution is -2.46. The quantitative estimate of drug-likeness (QED) is 0.815. The second-order valence-electron chi connectivity index (χ2n) is 4.66. The maximum atomic E-state index is 12.0. The number of unbranched alkanes of at least 4 members (excludes halogenated alkanes) is 1. The molecule has 0 aliphatic carbocycles. The molecule has 1 N–H and O–H groups in total. The van der Waals surface area contributed by atoms with Crippen molar-refractivity contribution in [3.63, 3.8) is 0 Å². The number of nitrogens with zero attached hydrogens (tertiary/aromatic N) is 2. The fraction of sp³-hybridized carbons (Fsp3) is 0.833. The van der Waals surface area contributed by atoms with Crippen molar-refractivity contribution in [2.24, 2.45) is 5.92 Å². The number of hydrogen-bond donors (Lipinski definition) is 1. The monoisotopic (exact) mass is 242 g/mol. The predicted molar refractivity (Wildman–Crippen MR) is 64.9 cm³/mol. The molecule has 1 saturated heterocycles. The highest BCUT2D eigenvalue weighted by Crippen LogP contribution is 2.18. The number of hydrogen-bond acceptors (Lipinski definition) is 2. The van der Waals surface area contributed by atoms with Crippen LogP contribution in [-0.4, -0.2) is 53.6 Å². The molecule has 0 saturated carbocycles. The number of likely N-dealkylation sites (tertiary alicyclic amines) is 1. The molecule has 0 aromatic heterocycles. The lowest BCUT2D eigenvalue weighted by molar-refractivity contribution is -0.143. The van der Waals surface area contributed by atoms with Crippen molar-refractivity contribution in [3.05, 3.63) is 0 Å². The van der Waals surface area contributed by atoms with Crippen molar-refractivity contribution < 1.29 is 14.7 Å². The number of carbonyl (C=O) groups is 2. The van der Waals surface area contributed by atoms with Crippen molar-refractivity contribution in [2.45, 2.75) is 32.6 Å². The summed E-state index contributed by atoms with van der Waals surface area (Å²) in [7, 11) is 1.81. The highest BCUT2D eigenvalue weighted by molar-refractivity contribution is 5.75. The van der Waals surface area contributed by atoms with Gasteiger partial charge in [-0.3, -0.25) is 4.79 Å². The van der Waals surface area contributed by atoms with Crippen LogP contribution < -0.4 is 0 Å². The van der Waals surface area contributed by atoms with Crippen molar-refractivity contribution >= 4 is 12.0 Å². The molecule has 0 atom stereocenters. The average molecular weight is 242 g/mol. The Hall–Kier alpha value is -1.26. The van der Waals surface area contributed by atoms with E-state index >= 15 is 0 Å². The Morgan fingerprint density at radius 2 is 1.94 bits per heavy atom. The molecule has 0 spiro atoms. The lowest BCUT2D eigenvalue weighted by atomic mass is 9.97. The smallest absolute Gasteiger partial charge is 0.319 e. The molecule has 1 rings (SSSR count). The fourth-order valence-electron chi connectivity index (χ4n) is 2.05. The molecule has 1 aliphatic rings. The summed E-state index contributed by atoms with van der Waals surface area (Å²) in [6, 6.07) is 0.0299. The van der Waals surface area contributed by atoms with Crippen LogP contribution in [0.5, 0.6) is 0 Å². The van der Waals surface area contributed by atoms with Crippen LogP contribution in [0.1, 0.15) is 32.6 Å². The van der Waals surface area contributed by atoms with Gasteiger partial charge >= 0.3 is 12.0 Å². The Bertz CT molecular complexity index is 273. The van der Waals surface area contributed by atoms with Crippen LogP contribution in [0.4, 0.5) is 4.79 Å². The van der Waals surface area contributed by atoms with Gasteiger partial charge in [-0.05, 0) is 19.3 Å². The van der Waals surface area contributed by atoms with Crippen LogP contribution in [0.2, 0.25) is 0 Å². The lowest BCUT2D eigenvalue weighted by Gasteiger charge is -2.33. The number of amides is 2. The van der Waals surface area contributed by atoms with Crippen molar-refractivity contribution in [1.82, 2.24) is 9.80 Å².